The Hall–Kier alpha value is -1.79. The second-order valence-corrected chi connectivity index (χ2v) is 8.90. The number of hydrogen-bond donors (Lipinski definition) is 3. The first-order chi connectivity index (χ1) is 13.9. The van der Waals surface area contributed by atoms with E-state index in [1.54, 1.807) is 0 Å². The summed E-state index contributed by atoms with van der Waals surface area (Å²) in [6.45, 7) is 5.86. The van der Waals surface area contributed by atoms with Crippen LogP contribution < -0.4 is 16.0 Å². The number of aryl methyl sites for hydroxylation is 2. The van der Waals surface area contributed by atoms with Crippen LogP contribution in [-0.2, 0) is 4.79 Å². The summed E-state index contributed by atoms with van der Waals surface area (Å²) in [4.78, 5) is 26.8. The number of piperidine rings is 1. The number of hydrogen-bond acceptors (Lipinski definition) is 3. The van der Waals surface area contributed by atoms with Crippen molar-refractivity contribution < 1.29 is 9.59 Å². The third-order valence-electron chi connectivity index (χ3n) is 5.93. The van der Waals surface area contributed by atoms with Gasteiger partial charge in [0.2, 0.25) is 5.91 Å². The highest BCUT2D eigenvalue weighted by molar-refractivity contribution is 6.34. The molecule has 29 heavy (non-hydrogen) atoms. The molecule has 0 radical (unpaired) electrons. The predicted molar refractivity (Wildman–Crippen MR) is 118 cm³/mol. The van der Waals surface area contributed by atoms with Gasteiger partial charge in [-0.1, -0.05) is 36.9 Å². The van der Waals surface area contributed by atoms with E-state index >= 15 is 0 Å². The van der Waals surface area contributed by atoms with E-state index in [1.165, 1.54) is 19.3 Å². The lowest BCUT2D eigenvalue weighted by Gasteiger charge is -2.32. The molecule has 0 unspecified atom stereocenters. The molecule has 0 bridgehead atoms. The first kappa shape index (κ1) is 21.9. The van der Waals surface area contributed by atoms with Crippen LogP contribution >= 0.6 is 11.6 Å². The van der Waals surface area contributed by atoms with Gasteiger partial charge in [-0.15, -0.1) is 0 Å². The number of urea groups is 1. The molecule has 6 nitrogen and oxygen atoms in total. The molecule has 1 heterocycles. The summed E-state index contributed by atoms with van der Waals surface area (Å²) in [6.07, 6.45) is 7.58. The molecule has 0 aromatic heterocycles. The van der Waals surface area contributed by atoms with Gasteiger partial charge in [0.25, 0.3) is 0 Å². The summed E-state index contributed by atoms with van der Waals surface area (Å²) in [7, 11) is 0. The molecule has 1 aliphatic heterocycles. The van der Waals surface area contributed by atoms with Crippen LogP contribution in [0.1, 0.15) is 56.1 Å². The van der Waals surface area contributed by atoms with E-state index in [0.717, 1.165) is 49.9 Å². The van der Waals surface area contributed by atoms with Gasteiger partial charge in [0.05, 0.1) is 17.3 Å². The van der Waals surface area contributed by atoms with Crippen molar-refractivity contribution in [1.82, 2.24) is 15.5 Å². The minimum absolute atomic E-state index is 0.0439. The van der Waals surface area contributed by atoms with Crippen molar-refractivity contribution in [2.24, 2.45) is 0 Å². The molecule has 0 spiro atoms. The number of anilines is 1. The van der Waals surface area contributed by atoms with E-state index in [2.05, 4.69) is 20.9 Å². The molecule has 7 heteroatoms. The molecule has 1 saturated heterocycles. The second-order valence-electron chi connectivity index (χ2n) is 8.49. The molecule has 3 N–H and O–H groups in total. The van der Waals surface area contributed by atoms with Gasteiger partial charge in [-0.25, -0.2) is 4.79 Å². The van der Waals surface area contributed by atoms with E-state index in [9.17, 15) is 9.59 Å². The molecule has 0 atom stereocenters. The third-order valence-corrected chi connectivity index (χ3v) is 6.22. The number of rotatable bonds is 5. The molecule has 3 amide bonds. The topological polar surface area (TPSA) is 73.5 Å². The van der Waals surface area contributed by atoms with Gasteiger partial charge in [0.15, 0.2) is 0 Å². The van der Waals surface area contributed by atoms with Crippen LogP contribution in [0.15, 0.2) is 12.1 Å². The first-order valence-electron chi connectivity index (χ1n) is 10.8. The van der Waals surface area contributed by atoms with Crippen LogP contribution in [0.3, 0.4) is 0 Å². The zero-order chi connectivity index (χ0) is 20.8. The lowest BCUT2D eigenvalue weighted by Crippen LogP contribution is -2.51. The van der Waals surface area contributed by atoms with Gasteiger partial charge in [-0.05, 0) is 56.7 Å². The van der Waals surface area contributed by atoms with Crippen molar-refractivity contribution in [3.8, 4) is 0 Å². The van der Waals surface area contributed by atoms with Crippen molar-refractivity contribution in [3.63, 3.8) is 0 Å². The number of amides is 3. The summed E-state index contributed by atoms with van der Waals surface area (Å²) in [5, 5.41) is 9.74. The Kier molecular flexibility index (Phi) is 7.78. The standard InChI is InChI=1S/C22H33ClN4O2/c1-15-12-16(2)21(19(23)13-15)26-20(28)14-27-10-8-18(9-11-27)25-22(29)24-17-6-4-3-5-7-17/h12-13,17-18H,3-11,14H2,1-2H3,(H,26,28)(H2,24,25,29). The fraction of sp³-hybridized carbons (Fsp3) is 0.636. The molecular formula is C22H33ClN4O2. The van der Waals surface area contributed by atoms with Gasteiger partial charge < -0.3 is 16.0 Å². The average molecular weight is 421 g/mol. The summed E-state index contributed by atoms with van der Waals surface area (Å²) >= 11 is 6.28. The van der Waals surface area contributed by atoms with E-state index in [4.69, 9.17) is 11.6 Å². The minimum Gasteiger partial charge on any atom is -0.335 e. The monoisotopic (exact) mass is 420 g/mol. The number of halogens is 1. The van der Waals surface area contributed by atoms with Crippen LogP contribution in [0.2, 0.25) is 5.02 Å². The average Bonchev–Trinajstić information content (AvgIpc) is 2.67. The minimum atomic E-state index is -0.0553. The maximum atomic E-state index is 12.5. The number of nitrogens with one attached hydrogen (secondary N) is 3. The van der Waals surface area contributed by atoms with Gasteiger partial charge in [-0.3, -0.25) is 9.69 Å². The maximum absolute atomic E-state index is 12.5. The van der Waals surface area contributed by atoms with Crippen LogP contribution in [-0.4, -0.2) is 48.6 Å². The van der Waals surface area contributed by atoms with Crippen LogP contribution in [0, 0.1) is 13.8 Å². The zero-order valence-corrected chi connectivity index (χ0v) is 18.3. The van der Waals surface area contributed by atoms with E-state index in [-0.39, 0.29) is 18.0 Å². The lowest BCUT2D eigenvalue weighted by atomic mass is 9.96. The number of benzene rings is 1. The highest BCUT2D eigenvalue weighted by Crippen LogP contribution is 2.27. The number of likely N-dealkylation sites (tertiary alicyclic amines) is 1. The number of carbonyl (C=O) groups is 2. The maximum Gasteiger partial charge on any atom is 0.315 e. The molecule has 1 aliphatic carbocycles. The molecule has 2 aliphatic rings. The fourth-order valence-corrected chi connectivity index (χ4v) is 4.72. The largest absolute Gasteiger partial charge is 0.335 e. The van der Waals surface area contributed by atoms with Crippen LogP contribution in [0.25, 0.3) is 0 Å². The van der Waals surface area contributed by atoms with Gasteiger partial charge in [-0.2, -0.15) is 0 Å². The van der Waals surface area contributed by atoms with E-state index < -0.39 is 0 Å². The fourth-order valence-electron chi connectivity index (χ4n) is 4.35. The Balaban J connectivity index is 1.39. The predicted octanol–water partition coefficient (Wildman–Crippen LogP) is 3.99. The Morgan fingerprint density at radius 1 is 1.00 bits per heavy atom. The Bertz CT molecular complexity index is 703. The summed E-state index contributed by atoms with van der Waals surface area (Å²) in [6, 6.07) is 4.32. The Morgan fingerprint density at radius 3 is 2.24 bits per heavy atom. The number of nitrogens with zero attached hydrogens (tertiary/aromatic N) is 1. The quantitative estimate of drug-likeness (QED) is 0.674. The van der Waals surface area contributed by atoms with Crippen LogP contribution in [0.4, 0.5) is 10.5 Å². The SMILES string of the molecule is Cc1cc(C)c(NC(=O)CN2CCC(NC(=O)NC3CCCCC3)CC2)c(Cl)c1. The van der Waals surface area contributed by atoms with Crippen molar-refractivity contribution in [2.75, 3.05) is 25.0 Å². The van der Waals surface area contributed by atoms with Gasteiger partial charge in [0, 0.05) is 25.2 Å². The normalized spacial score (nSPS) is 19.0. The summed E-state index contributed by atoms with van der Waals surface area (Å²) in [5.74, 6) is -0.0553. The lowest BCUT2D eigenvalue weighted by molar-refractivity contribution is -0.117. The number of carbonyl (C=O) groups excluding carboxylic acids is 2. The highest BCUT2D eigenvalue weighted by Gasteiger charge is 2.23. The van der Waals surface area contributed by atoms with E-state index in [0.29, 0.717) is 23.3 Å². The van der Waals surface area contributed by atoms with Crippen LogP contribution in [0.5, 0.6) is 0 Å². The smallest absolute Gasteiger partial charge is 0.315 e. The zero-order valence-electron chi connectivity index (χ0n) is 17.5. The van der Waals surface area contributed by atoms with Crippen molar-refractivity contribution in [2.45, 2.75) is 70.9 Å². The molecule has 2 fully saturated rings. The molecular weight excluding hydrogens is 388 g/mol. The first-order valence-corrected chi connectivity index (χ1v) is 11.1. The third kappa shape index (κ3) is 6.61. The summed E-state index contributed by atoms with van der Waals surface area (Å²) < 4.78 is 0. The molecule has 3 rings (SSSR count). The van der Waals surface area contributed by atoms with Crippen molar-refractivity contribution >= 4 is 29.2 Å². The molecule has 160 valence electrons. The Morgan fingerprint density at radius 2 is 1.62 bits per heavy atom. The molecule has 1 aromatic rings. The van der Waals surface area contributed by atoms with Gasteiger partial charge in [0.1, 0.15) is 0 Å². The second kappa shape index (κ2) is 10.3. The van der Waals surface area contributed by atoms with Crippen molar-refractivity contribution in [1.29, 1.82) is 0 Å². The van der Waals surface area contributed by atoms with E-state index in [1.807, 2.05) is 26.0 Å². The molecule has 1 aromatic carbocycles. The van der Waals surface area contributed by atoms with Gasteiger partial charge >= 0.3 is 6.03 Å². The Labute approximate surface area is 178 Å². The highest BCUT2D eigenvalue weighted by atomic mass is 35.5. The summed E-state index contributed by atoms with van der Waals surface area (Å²) in [5.41, 5.74) is 2.74. The molecule has 1 saturated carbocycles. The van der Waals surface area contributed by atoms with Crippen molar-refractivity contribution in [3.05, 3.63) is 28.3 Å².